The molecule has 2 aromatic heterocycles. The standard InChI is InChI=1S/C28H46O2S4/c1-3-5-7-9-11-13-15-17-20-31-26-19-21-32-28(26)27-23-25(24-33-27)34(29,30)22-18-16-14-12-10-8-6-4-2/h19,21,23-24H,3-18,20,22H2,1-2H3. The molecule has 0 aliphatic carbocycles. The van der Waals surface area contributed by atoms with Crippen molar-refractivity contribution in [3.8, 4) is 9.75 Å². The van der Waals surface area contributed by atoms with Gasteiger partial charge in [-0.2, -0.15) is 0 Å². The van der Waals surface area contributed by atoms with Gasteiger partial charge in [0, 0.05) is 15.2 Å². The van der Waals surface area contributed by atoms with Crippen LogP contribution in [0.25, 0.3) is 9.75 Å². The third kappa shape index (κ3) is 11.6. The number of sulfone groups is 1. The third-order valence-corrected chi connectivity index (χ3v) is 11.5. The molecule has 0 fully saturated rings. The average Bonchev–Trinajstić information content (AvgIpc) is 3.49. The second-order valence-corrected chi connectivity index (χ2v) is 14.5. The molecule has 2 heterocycles. The maximum Gasteiger partial charge on any atom is 0.179 e. The molecular weight excluding hydrogens is 497 g/mol. The smallest absolute Gasteiger partial charge is 0.179 e. The number of hydrogen-bond acceptors (Lipinski definition) is 5. The highest BCUT2D eigenvalue weighted by atomic mass is 32.2. The van der Waals surface area contributed by atoms with E-state index in [4.69, 9.17) is 0 Å². The topological polar surface area (TPSA) is 34.1 Å². The molecule has 0 amide bonds. The molecule has 0 saturated carbocycles. The van der Waals surface area contributed by atoms with Crippen LogP contribution in [0.5, 0.6) is 0 Å². The van der Waals surface area contributed by atoms with Crippen molar-refractivity contribution in [3.05, 3.63) is 22.9 Å². The minimum Gasteiger partial charge on any atom is -0.224 e. The van der Waals surface area contributed by atoms with Crippen molar-refractivity contribution < 1.29 is 8.42 Å². The first-order valence-electron chi connectivity index (χ1n) is 13.6. The summed E-state index contributed by atoms with van der Waals surface area (Å²) in [5, 5.41) is 3.99. The van der Waals surface area contributed by atoms with Crippen LogP contribution in [0, 0.1) is 0 Å². The van der Waals surface area contributed by atoms with E-state index in [1.165, 1.54) is 93.2 Å². The van der Waals surface area contributed by atoms with Crippen LogP contribution in [-0.2, 0) is 9.84 Å². The first kappa shape index (κ1) is 29.9. The Morgan fingerprint density at radius 1 is 0.735 bits per heavy atom. The molecule has 0 aromatic carbocycles. The summed E-state index contributed by atoms with van der Waals surface area (Å²) in [5.74, 6) is 1.43. The summed E-state index contributed by atoms with van der Waals surface area (Å²) in [4.78, 5) is 4.16. The van der Waals surface area contributed by atoms with Gasteiger partial charge in [-0.1, -0.05) is 104 Å². The first-order valence-corrected chi connectivity index (χ1v) is 18.0. The highest BCUT2D eigenvalue weighted by Crippen LogP contribution is 2.40. The fourth-order valence-corrected chi connectivity index (χ4v) is 9.23. The monoisotopic (exact) mass is 542 g/mol. The lowest BCUT2D eigenvalue weighted by molar-refractivity contribution is 0.572. The highest BCUT2D eigenvalue weighted by Gasteiger charge is 2.18. The van der Waals surface area contributed by atoms with Gasteiger partial charge in [0.15, 0.2) is 9.84 Å². The van der Waals surface area contributed by atoms with E-state index < -0.39 is 9.84 Å². The largest absolute Gasteiger partial charge is 0.224 e. The highest BCUT2D eigenvalue weighted by molar-refractivity contribution is 7.99. The molecule has 6 heteroatoms. The molecule has 0 spiro atoms. The molecule has 34 heavy (non-hydrogen) atoms. The van der Waals surface area contributed by atoms with Gasteiger partial charge in [0.2, 0.25) is 0 Å². The Morgan fingerprint density at radius 2 is 1.29 bits per heavy atom. The summed E-state index contributed by atoms with van der Waals surface area (Å²) in [6, 6.07) is 4.11. The summed E-state index contributed by atoms with van der Waals surface area (Å²) in [6.07, 6.45) is 20.2. The molecule has 2 rings (SSSR count). The lowest BCUT2D eigenvalue weighted by atomic mass is 10.1. The number of thioether (sulfide) groups is 1. The van der Waals surface area contributed by atoms with Crippen molar-refractivity contribution in [3.63, 3.8) is 0 Å². The number of thiophene rings is 2. The van der Waals surface area contributed by atoms with Crippen LogP contribution in [-0.4, -0.2) is 19.9 Å². The molecule has 0 N–H and O–H groups in total. The summed E-state index contributed by atoms with van der Waals surface area (Å²) in [6.45, 7) is 4.50. The van der Waals surface area contributed by atoms with Crippen LogP contribution >= 0.6 is 34.4 Å². The van der Waals surface area contributed by atoms with Gasteiger partial charge in [0.05, 0.1) is 15.5 Å². The van der Waals surface area contributed by atoms with E-state index in [2.05, 4.69) is 25.3 Å². The lowest BCUT2D eigenvalue weighted by Crippen LogP contribution is -2.05. The minimum atomic E-state index is -3.17. The number of unbranched alkanes of at least 4 members (excludes halogenated alkanes) is 14. The third-order valence-electron chi connectivity index (χ3n) is 6.31. The van der Waals surface area contributed by atoms with Crippen molar-refractivity contribution >= 4 is 44.3 Å². The van der Waals surface area contributed by atoms with E-state index in [-0.39, 0.29) is 5.75 Å². The van der Waals surface area contributed by atoms with Gasteiger partial charge in [-0.05, 0) is 36.1 Å². The van der Waals surface area contributed by atoms with Crippen molar-refractivity contribution in [1.29, 1.82) is 0 Å². The Balaban J connectivity index is 1.72. The van der Waals surface area contributed by atoms with Gasteiger partial charge in [-0.3, -0.25) is 0 Å². The zero-order valence-electron chi connectivity index (χ0n) is 21.5. The average molecular weight is 543 g/mol. The summed E-state index contributed by atoms with van der Waals surface area (Å²) in [7, 11) is -3.17. The van der Waals surface area contributed by atoms with E-state index in [1.807, 2.05) is 23.2 Å². The molecule has 2 aromatic rings. The van der Waals surface area contributed by atoms with Crippen molar-refractivity contribution in [2.24, 2.45) is 0 Å². The van der Waals surface area contributed by atoms with E-state index in [0.29, 0.717) is 4.90 Å². The van der Waals surface area contributed by atoms with Crippen LogP contribution in [0.4, 0.5) is 0 Å². The van der Waals surface area contributed by atoms with E-state index >= 15 is 0 Å². The quantitative estimate of drug-likeness (QED) is 0.116. The molecule has 0 radical (unpaired) electrons. The second kappa shape index (κ2) is 18.0. The fourth-order valence-electron chi connectivity index (χ4n) is 4.15. The lowest BCUT2D eigenvalue weighted by Gasteiger charge is -2.04. The molecule has 2 nitrogen and oxygen atoms in total. The van der Waals surface area contributed by atoms with Gasteiger partial charge in [-0.15, -0.1) is 34.4 Å². The Hall–Kier alpha value is -0.300. The van der Waals surface area contributed by atoms with Crippen molar-refractivity contribution in [2.75, 3.05) is 11.5 Å². The maximum atomic E-state index is 12.8. The van der Waals surface area contributed by atoms with Crippen LogP contribution in [0.1, 0.15) is 117 Å². The number of hydrogen-bond donors (Lipinski definition) is 0. The molecule has 0 aliphatic heterocycles. The molecule has 0 unspecified atom stereocenters. The van der Waals surface area contributed by atoms with Crippen LogP contribution in [0.15, 0.2) is 32.7 Å². The molecule has 0 atom stereocenters. The van der Waals surface area contributed by atoms with Gasteiger partial charge < -0.3 is 0 Å². The Bertz CT molecular complexity index is 867. The van der Waals surface area contributed by atoms with Gasteiger partial charge in [0.25, 0.3) is 0 Å². The molecule has 194 valence electrons. The van der Waals surface area contributed by atoms with E-state index in [0.717, 1.165) is 29.9 Å². The predicted molar refractivity (Wildman–Crippen MR) is 156 cm³/mol. The Kier molecular flexibility index (Phi) is 15.9. The zero-order valence-corrected chi connectivity index (χ0v) is 24.8. The van der Waals surface area contributed by atoms with Crippen molar-refractivity contribution in [1.82, 2.24) is 0 Å². The molecule has 0 aliphatic rings. The molecular formula is C28H46O2S4. The van der Waals surface area contributed by atoms with E-state index in [1.54, 1.807) is 22.7 Å². The molecule has 0 saturated heterocycles. The van der Waals surface area contributed by atoms with Gasteiger partial charge in [0.1, 0.15) is 0 Å². The van der Waals surface area contributed by atoms with Crippen LogP contribution in [0.3, 0.4) is 0 Å². The van der Waals surface area contributed by atoms with Crippen LogP contribution in [0.2, 0.25) is 0 Å². The minimum absolute atomic E-state index is 0.280. The van der Waals surface area contributed by atoms with Crippen molar-refractivity contribution in [2.45, 2.75) is 126 Å². The summed E-state index contributed by atoms with van der Waals surface area (Å²) < 4.78 is 25.7. The van der Waals surface area contributed by atoms with Crippen LogP contribution < -0.4 is 0 Å². The Morgan fingerprint density at radius 3 is 1.91 bits per heavy atom. The summed E-state index contributed by atoms with van der Waals surface area (Å²) in [5.41, 5.74) is 0. The van der Waals surface area contributed by atoms with Gasteiger partial charge >= 0.3 is 0 Å². The first-order chi connectivity index (χ1) is 16.6. The molecule has 0 bridgehead atoms. The predicted octanol–water partition coefficient (Wildman–Crippen LogP) is 10.6. The normalized spacial score (nSPS) is 11.9. The zero-order chi connectivity index (χ0) is 24.5. The Labute approximate surface area is 222 Å². The SMILES string of the molecule is CCCCCCCCCCSc1ccsc1-c1cc(S(=O)(=O)CCCCCCCCCC)cs1. The van der Waals surface area contributed by atoms with Gasteiger partial charge in [-0.25, -0.2) is 8.42 Å². The maximum absolute atomic E-state index is 12.8. The number of rotatable bonds is 21. The summed E-state index contributed by atoms with van der Waals surface area (Å²) >= 11 is 5.24. The van der Waals surface area contributed by atoms with E-state index in [9.17, 15) is 8.42 Å². The fraction of sp³-hybridized carbons (Fsp3) is 0.714. The second-order valence-electron chi connectivity index (χ2n) is 9.38.